The Balaban J connectivity index is 1.84. The van der Waals surface area contributed by atoms with Crippen LogP contribution in [-0.4, -0.2) is 17.4 Å². The van der Waals surface area contributed by atoms with Crippen LogP contribution in [0, 0.1) is 6.92 Å². The summed E-state index contributed by atoms with van der Waals surface area (Å²) < 4.78 is 0. The number of rotatable bonds is 8. The van der Waals surface area contributed by atoms with E-state index < -0.39 is 0 Å². The van der Waals surface area contributed by atoms with Crippen molar-refractivity contribution >= 4 is 22.4 Å². The molecular weight excluding hydrogens is 294 g/mol. The summed E-state index contributed by atoms with van der Waals surface area (Å²) in [7, 11) is 0. The molecule has 1 heterocycles. The van der Waals surface area contributed by atoms with Gasteiger partial charge >= 0.3 is 0 Å². The topological polar surface area (TPSA) is 68.0 Å². The van der Waals surface area contributed by atoms with Gasteiger partial charge in [0.25, 0.3) is 0 Å². The standard InChI is InChI=1S/C17H23N3OS/c1-13-8-5-6-9-14(13)15-12-22-17(19-15)20-16(21)10-4-2-3-7-11-18/h5-6,8-9,12H,2-4,7,10-11,18H2,1H3,(H,19,20,21). The van der Waals surface area contributed by atoms with Crippen molar-refractivity contribution in [3.05, 3.63) is 35.2 Å². The Kier molecular flexibility index (Phi) is 6.55. The molecule has 2 rings (SSSR count). The molecule has 0 bridgehead atoms. The van der Waals surface area contributed by atoms with Gasteiger partial charge in [-0.15, -0.1) is 11.3 Å². The van der Waals surface area contributed by atoms with Gasteiger partial charge in [0.05, 0.1) is 5.69 Å². The molecule has 0 spiro atoms. The third kappa shape index (κ3) is 4.93. The molecule has 0 unspecified atom stereocenters. The van der Waals surface area contributed by atoms with Gasteiger partial charge in [0.2, 0.25) is 5.91 Å². The summed E-state index contributed by atoms with van der Waals surface area (Å²) in [4.78, 5) is 16.4. The lowest BCUT2D eigenvalue weighted by Crippen LogP contribution is -2.10. The molecule has 4 nitrogen and oxygen atoms in total. The molecule has 2 aromatic rings. The minimum atomic E-state index is 0.0402. The smallest absolute Gasteiger partial charge is 0.226 e. The summed E-state index contributed by atoms with van der Waals surface area (Å²) in [6.45, 7) is 2.79. The molecule has 118 valence electrons. The van der Waals surface area contributed by atoms with Crippen molar-refractivity contribution in [2.75, 3.05) is 11.9 Å². The lowest BCUT2D eigenvalue weighted by atomic mass is 10.1. The SMILES string of the molecule is Cc1ccccc1-c1csc(NC(=O)CCCCCCN)n1. The first-order valence-corrected chi connectivity index (χ1v) is 8.60. The Bertz CT molecular complexity index is 609. The van der Waals surface area contributed by atoms with Crippen LogP contribution < -0.4 is 11.1 Å². The Labute approximate surface area is 135 Å². The van der Waals surface area contributed by atoms with Crippen LogP contribution in [-0.2, 0) is 4.79 Å². The average molecular weight is 317 g/mol. The van der Waals surface area contributed by atoms with Crippen molar-refractivity contribution in [1.29, 1.82) is 0 Å². The third-order valence-corrected chi connectivity index (χ3v) is 4.29. The highest BCUT2D eigenvalue weighted by Crippen LogP contribution is 2.27. The van der Waals surface area contributed by atoms with Gasteiger partial charge in [-0.3, -0.25) is 4.79 Å². The number of carbonyl (C=O) groups excluding carboxylic acids is 1. The number of nitrogens with one attached hydrogen (secondary N) is 1. The molecule has 0 aliphatic carbocycles. The minimum Gasteiger partial charge on any atom is -0.330 e. The molecule has 0 fully saturated rings. The number of hydrogen-bond donors (Lipinski definition) is 2. The second-order valence-corrected chi connectivity index (χ2v) is 6.21. The summed E-state index contributed by atoms with van der Waals surface area (Å²) in [5.41, 5.74) is 8.66. The summed E-state index contributed by atoms with van der Waals surface area (Å²) >= 11 is 1.47. The van der Waals surface area contributed by atoms with E-state index in [9.17, 15) is 4.79 Å². The number of amides is 1. The van der Waals surface area contributed by atoms with Gasteiger partial charge in [-0.1, -0.05) is 37.1 Å². The number of unbranched alkanes of at least 4 members (excludes halogenated alkanes) is 3. The van der Waals surface area contributed by atoms with Crippen LogP contribution in [0.25, 0.3) is 11.3 Å². The van der Waals surface area contributed by atoms with Gasteiger partial charge in [0, 0.05) is 17.4 Å². The number of thiazole rings is 1. The first kappa shape index (κ1) is 16.6. The molecule has 1 aromatic heterocycles. The van der Waals surface area contributed by atoms with E-state index in [1.165, 1.54) is 16.9 Å². The van der Waals surface area contributed by atoms with Gasteiger partial charge in [0.15, 0.2) is 5.13 Å². The maximum Gasteiger partial charge on any atom is 0.226 e. The summed E-state index contributed by atoms with van der Waals surface area (Å²) in [6, 6.07) is 8.13. The second kappa shape index (κ2) is 8.66. The predicted octanol–water partition coefficient (Wildman–Crippen LogP) is 3.97. The fourth-order valence-electron chi connectivity index (χ4n) is 2.28. The molecule has 0 saturated heterocycles. The number of carbonyl (C=O) groups is 1. The van der Waals surface area contributed by atoms with Crippen LogP contribution in [0.3, 0.4) is 0 Å². The van der Waals surface area contributed by atoms with E-state index in [-0.39, 0.29) is 5.91 Å². The highest BCUT2D eigenvalue weighted by molar-refractivity contribution is 7.14. The number of aryl methyl sites for hydroxylation is 1. The highest BCUT2D eigenvalue weighted by Gasteiger charge is 2.09. The Morgan fingerprint density at radius 3 is 2.77 bits per heavy atom. The van der Waals surface area contributed by atoms with E-state index in [0.29, 0.717) is 11.6 Å². The second-order valence-electron chi connectivity index (χ2n) is 5.35. The van der Waals surface area contributed by atoms with Gasteiger partial charge in [0.1, 0.15) is 0 Å². The van der Waals surface area contributed by atoms with Crippen LogP contribution in [0.4, 0.5) is 5.13 Å². The van der Waals surface area contributed by atoms with Crippen molar-refractivity contribution in [3.63, 3.8) is 0 Å². The minimum absolute atomic E-state index is 0.0402. The number of nitrogens with two attached hydrogens (primary N) is 1. The zero-order valence-corrected chi connectivity index (χ0v) is 13.8. The molecule has 5 heteroatoms. The van der Waals surface area contributed by atoms with Crippen LogP contribution in [0.5, 0.6) is 0 Å². The van der Waals surface area contributed by atoms with Crippen LogP contribution in [0.2, 0.25) is 0 Å². The van der Waals surface area contributed by atoms with Crippen molar-refractivity contribution in [2.24, 2.45) is 5.73 Å². The third-order valence-electron chi connectivity index (χ3n) is 3.53. The largest absolute Gasteiger partial charge is 0.330 e. The van der Waals surface area contributed by atoms with E-state index in [1.807, 2.05) is 23.6 Å². The summed E-state index contributed by atoms with van der Waals surface area (Å²) in [5.74, 6) is 0.0402. The van der Waals surface area contributed by atoms with E-state index in [1.54, 1.807) is 0 Å². The molecule has 0 aliphatic rings. The van der Waals surface area contributed by atoms with Crippen LogP contribution >= 0.6 is 11.3 Å². The van der Waals surface area contributed by atoms with E-state index in [2.05, 4.69) is 23.3 Å². The molecule has 0 radical (unpaired) electrons. The molecule has 0 aliphatic heterocycles. The summed E-state index contributed by atoms with van der Waals surface area (Å²) in [5, 5.41) is 5.54. The number of anilines is 1. The lowest BCUT2D eigenvalue weighted by Gasteiger charge is -2.02. The zero-order valence-electron chi connectivity index (χ0n) is 13.0. The molecule has 1 amide bonds. The Morgan fingerprint density at radius 1 is 1.23 bits per heavy atom. The van der Waals surface area contributed by atoms with Gasteiger partial charge in [-0.25, -0.2) is 4.98 Å². The van der Waals surface area contributed by atoms with E-state index >= 15 is 0 Å². The van der Waals surface area contributed by atoms with Gasteiger partial charge < -0.3 is 11.1 Å². The van der Waals surface area contributed by atoms with Crippen molar-refractivity contribution in [3.8, 4) is 11.3 Å². The number of benzene rings is 1. The molecular formula is C17H23N3OS. The molecule has 22 heavy (non-hydrogen) atoms. The van der Waals surface area contributed by atoms with Crippen molar-refractivity contribution in [1.82, 2.24) is 4.98 Å². The maximum atomic E-state index is 11.9. The van der Waals surface area contributed by atoms with Crippen LogP contribution in [0.15, 0.2) is 29.6 Å². The fourth-order valence-corrected chi connectivity index (χ4v) is 3.01. The van der Waals surface area contributed by atoms with Gasteiger partial charge in [-0.05, 0) is 31.9 Å². The average Bonchev–Trinajstić information content (AvgIpc) is 2.95. The van der Waals surface area contributed by atoms with Crippen molar-refractivity contribution in [2.45, 2.75) is 39.0 Å². The summed E-state index contributed by atoms with van der Waals surface area (Å²) in [6.07, 6.45) is 4.63. The quantitative estimate of drug-likeness (QED) is 0.724. The fraction of sp³-hybridized carbons (Fsp3) is 0.412. The van der Waals surface area contributed by atoms with E-state index in [0.717, 1.165) is 43.5 Å². The predicted molar refractivity (Wildman–Crippen MR) is 93.1 cm³/mol. The normalized spacial score (nSPS) is 10.6. The number of hydrogen-bond acceptors (Lipinski definition) is 4. The molecule has 0 saturated carbocycles. The number of aromatic nitrogens is 1. The lowest BCUT2D eigenvalue weighted by molar-refractivity contribution is -0.116. The number of nitrogens with zero attached hydrogens (tertiary/aromatic N) is 1. The monoisotopic (exact) mass is 317 g/mol. The Morgan fingerprint density at radius 2 is 2.00 bits per heavy atom. The Hall–Kier alpha value is -1.72. The van der Waals surface area contributed by atoms with E-state index in [4.69, 9.17) is 5.73 Å². The maximum absolute atomic E-state index is 11.9. The first-order valence-electron chi connectivity index (χ1n) is 7.72. The molecule has 3 N–H and O–H groups in total. The van der Waals surface area contributed by atoms with Crippen molar-refractivity contribution < 1.29 is 4.79 Å². The van der Waals surface area contributed by atoms with Crippen LogP contribution in [0.1, 0.15) is 37.7 Å². The first-order chi connectivity index (χ1) is 10.7. The molecule has 0 atom stereocenters. The molecule has 1 aromatic carbocycles. The zero-order chi connectivity index (χ0) is 15.8. The highest BCUT2D eigenvalue weighted by atomic mass is 32.1. The van der Waals surface area contributed by atoms with Gasteiger partial charge in [-0.2, -0.15) is 0 Å².